The van der Waals surface area contributed by atoms with Crippen LogP contribution in [0.1, 0.15) is 67.2 Å². The van der Waals surface area contributed by atoms with Crippen molar-refractivity contribution >= 4 is 0 Å². The molecule has 0 N–H and O–H groups in total. The van der Waals surface area contributed by atoms with Crippen LogP contribution in [0.2, 0.25) is 0 Å². The van der Waals surface area contributed by atoms with E-state index >= 15 is 0 Å². The van der Waals surface area contributed by atoms with E-state index in [1.54, 1.807) is 11.4 Å². The van der Waals surface area contributed by atoms with Crippen molar-refractivity contribution in [3.05, 3.63) is 11.4 Å². The van der Waals surface area contributed by atoms with Gasteiger partial charge in [-0.15, -0.1) is 0 Å². The fourth-order valence-electron chi connectivity index (χ4n) is 3.43. The maximum absolute atomic E-state index is 2.74. The molecule has 0 saturated heterocycles. The topological polar surface area (TPSA) is 9.72 Å². The largest absolute Gasteiger partial charge is 0.372 e. The Labute approximate surface area is 139 Å². The van der Waals surface area contributed by atoms with E-state index < -0.39 is 0 Å². The van der Waals surface area contributed by atoms with Gasteiger partial charge in [0, 0.05) is 26.2 Å². The smallest absolute Gasteiger partial charge is 0.0939 e. The van der Waals surface area contributed by atoms with Crippen LogP contribution in [0.5, 0.6) is 0 Å². The van der Waals surface area contributed by atoms with Crippen molar-refractivity contribution in [1.82, 2.24) is 14.7 Å². The number of rotatable bonds is 13. The molecule has 1 aliphatic rings. The Morgan fingerprint density at radius 2 is 1.00 bits per heavy atom. The highest BCUT2D eigenvalue weighted by atomic mass is 15.3. The summed E-state index contributed by atoms with van der Waals surface area (Å²) in [4.78, 5) is 7.89. The van der Waals surface area contributed by atoms with Crippen molar-refractivity contribution < 1.29 is 0 Å². The Bertz CT molecular complexity index is 300. The first-order chi connectivity index (χ1) is 10.7. The van der Waals surface area contributed by atoms with E-state index in [9.17, 15) is 0 Å². The Kier molecular flexibility index (Phi) is 8.92. The Morgan fingerprint density at radius 1 is 0.636 bits per heavy atom. The fraction of sp³-hybridized carbons (Fsp3) is 0.895. The van der Waals surface area contributed by atoms with Crippen LogP contribution >= 0.6 is 0 Å². The van der Waals surface area contributed by atoms with Gasteiger partial charge in [-0.3, -0.25) is 4.90 Å². The van der Waals surface area contributed by atoms with Gasteiger partial charge in [-0.25, -0.2) is 0 Å². The molecule has 0 aromatic heterocycles. The molecule has 0 spiro atoms. The molecule has 0 radical (unpaired) electrons. The summed E-state index contributed by atoms with van der Waals surface area (Å²) in [6.07, 6.45) is 5.21. The molecule has 130 valence electrons. The van der Waals surface area contributed by atoms with E-state index in [1.807, 2.05) is 0 Å². The molecule has 22 heavy (non-hydrogen) atoms. The summed E-state index contributed by atoms with van der Waals surface area (Å²) in [5.74, 6) is 0. The lowest BCUT2D eigenvalue weighted by Crippen LogP contribution is -2.36. The maximum Gasteiger partial charge on any atom is 0.0939 e. The van der Waals surface area contributed by atoms with Crippen molar-refractivity contribution in [2.75, 3.05) is 39.3 Å². The molecule has 0 bridgehead atoms. The molecule has 0 atom stereocenters. The first-order valence-corrected chi connectivity index (χ1v) is 9.67. The predicted octanol–water partition coefficient (Wildman–Crippen LogP) is 4.17. The minimum absolute atomic E-state index is 0.595. The highest BCUT2D eigenvalue weighted by Crippen LogP contribution is 2.41. The molecule has 0 heterocycles. The van der Waals surface area contributed by atoms with Crippen molar-refractivity contribution in [2.45, 2.75) is 73.3 Å². The van der Waals surface area contributed by atoms with Gasteiger partial charge in [-0.05, 0) is 53.6 Å². The third kappa shape index (κ3) is 4.65. The van der Waals surface area contributed by atoms with Crippen LogP contribution in [0.15, 0.2) is 11.4 Å². The second-order valence-corrected chi connectivity index (χ2v) is 6.26. The van der Waals surface area contributed by atoms with Gasteiger partial charge in [-0.2, -0.15) is 0 Å². The Balaban J connectivity index is 2.88. The fourth-order valence-corrected chi connectivity index (χ4v) is 3.43. The van der Waals surface area contributed by atoms with Gasteiger partial charge in [0.15, 0.2) is 0 Å². The molecule has 0 amide bonds. The Hall–Kier alpha value is -0.700. The molecule has 1 rings (SSSR count). The zero-order valence-corrected chi connectivity index (χ0v) is 16.0. The van der Waals surface area contributed by atoms with E-state index in [2.05, 4.69) is 56.2 Å². The lowest BCUT2D eigenvalue weighted by Gasteiger charge is -2.27. The average molecular weight is 310 g/mol. The highest BCUT2D eigenvalue weighted by molar-refractivity contribution is 5.44. The molecule has 3 heteroatoms. The van der Waals surface area contributed by atoms with Gasteiger partial charge < -0.3 is 9.80 Å². The second-order valence-electron chi connectivity index (χ2n) is 6.26. The molecule has 0 aromatic rings. The molecule has 3 nitrogen and oxygen atoms in total. The minimum Gasteiger partial charge on any atom is -0.372 e. The van der Waals surface area contributed by atoms with Crippen molar-refractivity contribution in [2.24, 2.45) is 0 Å². The van der Waals surface area contributed by atoms with Gasteiger partial charge in [0.1, 0.15) is 0 Å². The predicted molar refractivity (Wildman–Crippen MR) is 98.0 cm³/mol. The van der Waals surface area contributed by atoms with Crippen molar-refractivity contribution in [3.63, 3.8) is 0 Å². The van der Waals surface area contributed by atoms with Crippen LogP contribution in [0.4, 0.5) is 0 Å². The molecule has 0 aromatic carbocycles. The number of unbranched alkanes of at least 4 members (excludes halogenated alkanes) is 2. The standard InChI is InChI=1S/C19H39N3/c1-7-13-15-22(16-14-8-2)19-17(20(9-3)10-4)18(19)21(11-5)12-6/h19H,7-16H2,1-6H3. The van der Waals surface area contributed by atoms with Crippen molar-refractivity contribution in [1.29, 1.82) is 0 Å². The summed E-state index contributed by atoms with van der Waals surface area (Å²) in [5.41, 5.74) is 3.22. The van der Waals surface area contributed by atoms with E-state index in [1.165, 1.54) is 38.8 Å². The zero-order chi connectivity index (χ0) is 16.5. The van der Waals surface area contributed by atoms with E-state index in [4.69, 9.17) is 0 Å². The van der Waals surface area contributed by atoms with E-state index in [0.29, 0.717) is 6.04 Å². The lowest BCUT2D eigenvalue weighted by atomic mass is 10.2. The Morgan fingerprint density at radius 3 is 1.27 bits per heavy atom. The van der Waals surface area contributed by atoms with Gasteiger partial charge in [0.25, 0.3) is 0 Å². The quantitative estimate of drug-likeness (QED) is 0.505. The molecule has 1 aliphatic carbocycles. The number of hydrogen-bond donors (Lipinski definition) is 0. The number of likely N-dealkylation sites (N-methyl/N-ethyl adjacent to an activating group) is 2. The molecule has 0 saturated carbocycles. The van der Waals surface area contributed by atoms with Gasteiger partial charge >= 0.3 is 0 Å². The molecule has 0 fully saturated rings. The summed E-state index contributed by atoms with van der Waals surface area (Å²) < 4.78 is 0. The third-order valence-electron chi connectivity index (χ3n) is 4.87. The monoisotopic (exact) mass is 309 g/mol. The molecule has 0 unspecified atom stereocenters. The third-order valence-corrected chi connectivity index (χ3v) is 4.87. The SMILES string of the molecule is CCCCN(CCCC)C1C(N(CC)CC)=C1N(CC)CC. The lowest BCUT2D eigenvalue weighted by molar-refractivity contribution is 0.226. The number of nitrogens with zero attached hydrogens (tertiary/aromatic N) is 3. The highest BCUT2D eigenvalue weighted by Gasteiger charge is 2.45. The van der Waals surface area contributed by atoms with E-state index in [-0.39, 0.29) is 0 Å². The average Bonchev–Trinajstić information content (AvgIpc) is 3.25. The van der Waals surface area contributed by atoms with E-state index in [0.717, 1.165) is 26.2 Å². The second kappa shape index (κ2) is 10.1. The van der Waals surface area contributed by atoms with Crippen LogP contribution in [-0.4, -0.2) is 60.0 Å². The first kappa shape index (κ1) is 19.3. The van der Waals surface area contributed by atoms with Gasteiger partial charge in [0.2, 0.25) is 0 Å². The molecular formula is C19H39N3. The van der Waals surface area contributed by atoms with Gasteiger partial charge in [-0.1, -0.05) is 26.7 Å². The summed E-state index contributed by atoms with van der Waals surface area (Å²) in [7, 11) is 0. The minimum atomic E-state index is 0.595. The summed E-state index contributed by atoms with van der Waals surface area (Å²) >= 11 is 0. The van der Waals surface area contributed by atoms with Crippen LogP contribution in [-0.2, 0) is 0 Å². The summed E-state index contributed by atoms with van der Waals surface area (Å²) in [6.45, 7) is 20.7. The number of hydrogen-bond acceptors (Lipinski definition) is 3. The molecule has 0 aliphatic heterocycles. The van der Waals surface area contributed by atoms with Crippen molar-refractivity contribution in [3.8, 4) is 0 Å². The summed E-state index contributed by atoms with van der Waals surface area (Å²) in [6, 6.07) is 0.595. The normalized spacial score (nSPS) is 14.9. The molecular weight excluding hydrogens is 270 g/mol. The van der Waals surface area contributed by atoms with Crippen LogP contribution in [0.25, 0.3) is 0 Å². The van der Waals surface area contributed by atoms with Crippen LogP contribution in [0, 0.1) is 0 Å². The zero-order valence-electron chi connectivity index (χ0n) is 16.0. The van der Waals surface area contributed by atoms with Crippen LogP contribution in [0.3, 0.4) is 0 Å². The summed E-state index contributed by atoms with van der Waals surface area (Å²) in [5, 5.41) is 0. The maximum atomic E-state index is 2.74. The first-order valence-electron chi connectivity index (χ1n) is 9.67. The van der Waals surface area contributed by atoms with Gasteiger partial charge in [0.05, 0.1) is 17.4 Å². The van der Waals surface area contributed by atoms with Crippen LogP contribution < -0.4 is 0 Å².